The van der Waals surface area contributed by atoms with Gasteiger partial charge in [0, 0.05) is 18.7 Å². The predicted molar refractivity (Wildman–Crippen MR) is 97.0 cm³/mol. The first-order chi connectivity index (χ1) is 12.5. The van der Waals surface area contributed by atoms with Gasteiger partial charge in [0.1, 0.15) is 0 Å². The van der Waals surface area contributed by atoms with Crippen LogP contribution in [0.3, 0.4) is 0 Å². The summed E-state index contributed by atoms with van der Waals surface area (Å²) in [7, 11) is 0. The van der Waals surface area contributed by atoms with Gasteiger partial charge in [0.25, 0.3) is 0 Å². The van der Waals surface area contributed by atoms with Crippen LogP contribution >= 0.6 is 0 Å². The van der Waals surface area contributed by atoms with Crippen LogP contribution in [0, 0.1) is 0 Å². The van der Waals surface area contributed by atoms with Crippen molar-refractivity contribution in [3.8, 4) is 0 Å². The number of nitrogens with one attached hydrogen (secondary N) is 2. The SMILES string of the molecule is O=C(CCCc1ccc2c(c1)CC(=O)N2)NCc1ccc(C(=O)O)cc1. The summed E-state index contributed by atoms with van der Waals surface area (Å²) in [5.74, 6) is -0.981. The van der Waals surface area contributed by atoms with Gasteiger partial charge in [0.05, 0.1) is 12.0 Å². The zero-order valence-corrected chi connectivity index (χ0v) is 14.2. The van der Waals surface area contributed by atoms with Crippen LogP contribution in [0.1, 0.15) is 39.9 Å². The molecule has 0 spiro atoms. The van der Waals surface area contributed by atoms with Crippen LogP contribution in [0.4, 0.5) is 5.69 Å². The van der Waals surface area contributed by atoms with E-state index in [9.17, 15) is 14.4 Å². The van der Waals surface area contributed by atoms with Crippen molar-refractivity contribution in [3.63, 3.8) is 0 Å². The number of fused-ring (bicyclic) bond motifs is 1. The highest BCUT2D eigenvalue weighted by molar-refractivity contribution is 5.99. The maximum Gasteiger partial charge on any atom is 0.335 e. The number of carbonyl (C=O) groups is 3. The van der Waals surface area contributed by atoms with E-state index in [4.69, 9.17) is 5.11 Å². The molecule has 0 radical (unpaired) electrons. The number of carbonyl (C=O) groups excluding carboxylic acids is 2. The van der Waals surface area contributed by atoms with Crippen molar-refractivity contribution < 1.29 is 19.5 Å². The molecule has 6 heteroatoms. The van der Waals surface area contributed by atoms with Crippen LogP contribution in [-0.4, -0.2) is 22.9 Å². The molecule has 26 heavy (non-hydrogen) atoms. The van der Waals surface area contributed by atoms with Gasteiger partial charge in [-0.15, -0.1) is 0 Å². The second-order valence-corrected chi connectivity index (χ2v) is 6.35. The molecule has 0 aliphatic carbocycles. The minimum atomic E-state index is -0.965. The molecule has 1 aliphatic heterocycles. The molecule has 3 rings (SSSR count). The molecular weight excluding hydrogens is 332 g/mol. The first-order valence-electron chi connectivity index (χ1n) is 8.52. The summed E-state index contributed by atoms with van der Waals surface area (Å²) >= 11 is 0. The maximum atomic E-state index is 12.0. The molecule has 3 N–H and O–H groups in total. The fourth-order valence-corrected chi connectivity index (χ4v) is 2.95. The molecule has 6 nitrogen and oxygen atoms in total. The van der Waals surface area contributed by atoms with Crippen LogP contribution in [-0.2, 0) is 29.0 Å². The number of benzene rings is 2. The van der Waals surface area contributed by atoms with Gasteiger partial charge in [0.15, 0.2) is 0 Å². The average Bonchev–Trinajstić information content (AvgIpc) is 2.99. The molecule has 0 atom stereocenters. The van der Waals surface area contributed by atoms with E-state index in [1.807, 2.05) is 18.2 Å². The number of hydrogen-bond acceptors (Lipinski definition) is 3. The lowest BCUT2D eigenvalue weighted by Gasteiger charge is -2.07. The summed E-state index contributed by atoms with van der Waals surface area (Å²) in [6.45, 7) is 0.380. The van der Waals surface area contributed by atoms with E-state index in [1.54, 1.807) is 12.1 Å². The number of anilines is 1. The van der Waals surface area contributed by atoms with Crippen molar-refractivity contribution in [2.24, 2.45) is 0 Å². The minimum Gasteiger partial charge on any atom is -0.478 e. The molecule has 0 unspecified atom stereocenters. The quantitative estimate of drug-likeness (QED) is 0.713. The number of rotatable bonds is 7. The Hall–Kier alpha value is -3.15. The molecule has 2 amide bonds. The number of hydrogen-bond donors (Lipinski definition) is 3. The topological polar surface area (TPSA) is 95.5 Å². The van der Waals surface area contributed by atoms with Gasteiger partial charge in [-0.2, -0.15) is 0 Å². The Bertz CT molecular complexity index is 843. The summed E-state index contributed by atoms with van der Waals surface area (Å²) in [6, 6.07) is 12.4. The van der Waals surface area contributed by atoms with E-state index in [-0.39, 0.29) is 17.4 Å². The van der Waals surface area contributed by atoms with E-state index in [2.05, 4.69) is 10.6 Å². The van der Waals surface area contributed by atoms with Crippen molar-refractivity contribution in [2.45, 2.75) is 32.2 Å². The Labute approximate surface area is 151 Å². The fourth-order valence-electron chi connectivity index (χ4n) is 2.95. The molecule has 134 valence electrons. The Balaban J connectivity index is 1.41. The number of amides is 2. The third-order valence-corrected chi connectivity index (χ3v) is 4.35. The Morgan fingerprint density at radius 3 is 2.54 bits per heavy atom. The number of aromatic carboxylic acids is 1. The van der Waals surface area contributed by atoms with Crippen molar-refractivity contribution in [3.05, 3.63) is 64.7 Å². The van der Waals surface area contributed by atoms with Gasteiger partial charge in [0.2, 0.25) is 11.8 Å². The predicted octanol–water partition coefficient (Wildman–Crippen LogP) is 2.52. The summed E-state index contributed by atoms with van der Waals surface area (Å²) in [6.07, 6.45) is 2.35. The second kappa shape index (κ2) is 7.82. The minimum absolute atomic E-state index is 0.0212. The molecule has 1 heterocycles. The van der Waals surface area contributed by atoms with Gasteiger partial charge >= 0.3 is 5.97 Å². The number of carboxylic acid groups (broad SMARTS) is 1. The van der Waals surface area contributed by atoms with E-state index < -0.39 is 5.97 Å². The van der Waals surface area contributed by atoms with Crippen molar-refractivity contribution >= 4 is 23.5 Å². The fraction of sp³-hybridized carbons (Fsp3) is 0.250. The average molecular weight is 352 g/mol. The lowest BCUT2D eigenvalue weighted by Crippen LogP contribution is -2.22. The van der Waals surface area contributed by atoms with Crippen LogP contribution < -0.4 is 10.6 Å². The van der Waals surface area contributed by atoms with E-state index in [0.29, 0.717) is 19.4 Å². The number of aryl methyl sites for hydroxylation is 1. The second-order valence-electron chi connectivity index (χ2n) is 6.35. The van der Waals surface area contributed by atoms with Gasteiger partial charge in [-0.05, 0) is 47.7 Å². The highest BCUT2D eigenvalue weighted by atomic mass is 16.4. The smallest absolute Gasteiger partial charge is 0.335 e. The summed E-state index contributed by atoms with van der Waals surface area (Å²) in [5.41, 5.74) is 4.11. The molecule has 1 aliphatic rings. The largest absolute Gasteiger partial charge is 0.478 e. The molecular formula is C20H20N2O4. The zero-order chi connectivity index (χ0) is 18.5. The van der Waals surface area contributed by atoms with Crippen LogP contribution in [0.2, 0.25) is 0 Å². The molecule has 2 aromatic rings. The Kier molecular flexibility index (Phi) is 5.31. The summed E-state index contributed by atoms with van der Waals surface area (Å²) < 4.78 is 0. The Morgan fingerprint density at radius 2 is 1.81 bits per heavy atom. The normalized spacial score (nSPS) is 12.4. The maximum absolute atomic E-state index is 12.0. The zero-order valence-electron chi connectivity index (χ0n) is 14.2. The first kappa shape index (κ1) is 17.7. The highest BCUT2D eigenvalue weighted by Gasteiger charge is 2.17. The van der Waals surface area contributed by atoms with Crippen molar-refractivity contribution in [1.82, 2.24) is 5.32 Å². The molecule has 0 fully saturated rings. The van der Waals surface area contributed by atoms with Crippen molar-refractivity contribution in [1.29, 1.82) is 0 Å². The molecule has 2 aromatic carbocycles. The standard InChI is InChI=1S/C20H20N2O4/c23-18(21-12-14-4-7-15(8-5-14)20(25)26)3-1-2-13-6-9-17-16(10-13)11-19(24)22-17/h4-10H,1-3,11-12H2,(H,21,23)(H,22,24)(H,25,26). The van der Waals surface area contributed by atoms with Crippen LogP contribution in [0.5, 0.6) is 0 Å². The Morgan fingerprint density at radius 1 is 1.08 bits per heavy atom. The van der Waals surface area contributed by atoms with Crippen molar-refractivity contribution in [2.75, 3.05) is 5.32 Å². The van der Waals surface area contributed by atoms with Crippen LogP contribution in [0.25, 0.3) is 0 Å². The third-order valence-electron chi connectivity index (χ3n) is 4.35. The molecule has 0 bridgehead atoms. The third kappa shape index (κ3) is 4.47. The van der Waals surface area contributed by atoms with Gasteiger partial charge in [-0.1, -0.05) is 24.3 Å². The lowest BCUT2D eigenvalue weighted by atomic mass is 10.0. The van der Waals surface area contributed by atoms with E-state index in [1.165, 1.54) is 12.1 Å². The van der Waals surface area contributed by atoms with Gasteiger partial charge < -0.3 is 15.7 Å². The molecule has 0 saturated carbocycles. The first-order valence-corrected chi connectivity index (χ1v) is 8.52. The highest BCUT2D eigenvalue weighted by Crippen LogP contribution is 2.24. The van der Waals surface area contributed by atoms with Gasteiger partial charge in [-0.25, -0.2) is 4.79 Å². The van der Waals surface area contributed by atoms with E-state index >= 15 is 0 Å². The summed E-state index contributed by atoms with van der Waals surface area (Å²) in [5, 5.41) is 14.5. The lowest BCUT2D eigenvalue weighted by molar-refractivity contribution is -0.121. The van der Waals surface area contributed by atoms with Crippen LogP contribution in [0.15, 0.2) is 42.5 Å². The van der Waals surface area contributed by atoms with Gasteiger partial charge in [-0.3, -0.25) is 9.59 Å². The monoisotopic (exact) mass is 352 g/mol. The molecule has 0 saturated heterocycles. The molecule has 0 aromatic heterocycles. The number of carboxylic acids is 1. The summed E-state index contributed by atoms with van der Waals surface area (Å²) in [4.78, 5) is 34.1. The van der Waals surface area contributed by atoms with E-state index in [0.717, 1.165) is 35.2 Å².